The van der Waals surface area contributed by atoms with Gasteiger partial charge in [0.05, 0.1) is 6.61 Å². The molecule has 1 saturated heterocycles. The Balaban J connectivity index is 0.000000173. The monoisotopic (exact) mass is 292 g/mol. The van der Waals surface area contributed by atoms with Gasteiger partial charge in [-0.1, -0.05) is 98.1 Å². The van der Waals surface area contributed by atoms with E-state index in [1.165, 1.54) is 11.1 Å². The molecule has 2 aromatic rings. The van der Waals surface area contributed by atoms with Gasteiger partial charge in [-0.15, -0.1) is 0 Å². The summed E-state index contributed by atoms with van der Waals surface area (Å²) < 4.78 is 5.09. The lowest BCUT2D eigenvalue weighted by atomic mass is 10.2. The van der Waals surface area contributed by atoms with Crippen molar-refractivity contribution in [1.29, 1.82) is 0 Å². The fourth-order valence-electron chi connectivity index (χ4n) is 1.50. The molecule has 1 atom stereocenters. The standard InChI is InChI=1S/C8H8O.C8H8.C5H8/c1-2-4-7(5-3-1)8-6-9-8;1-2-8-6-4-3-5-7-8;1-4-5(2)3/h1-5,8H,6H2;2-7H,1H2;4H,1-2H2,3H3. The molecule has 3 rings (SSSR count). The Morgan fingerprint density at radius 2 is 1.45 bits per heavy atom. The highest BCUT2D eigenvalue weighted by Crippen LogP contribution is 2.28. The van der Waals surface area contributed by atoms with E-state index in [2.05, 4.69) is 31.9 Å². The molecule has 0 radical (unpaired) electrons. The molecular weight excluding hydrogens is 268 g/mol. The predicted octanol–water partition coefficient (Wildman–Crippen LogP) is 5.84. The third kappa shape index (κ3) is 8.03. The summed E-state index contributed by atoms with van der Waals surface area (Å²) in [6.07, 6.45) is 3.96. The van der Waals surface area contributed by atoms with Crippen LogP contribution in [0.2, 0.25) is 0 Å². The van der Waals surface area contributed by atoms with Gasteiger partial charge in [0, 0.05) is 0 Å². The normalized spacial score (nSPS) is 14.3. The van der Waals surface area contributed by atoms with Crippen molar-refractivity contribution < 1.29 is 4.74 Å². The predicted molar refractivity (Wildman–Crippen MR) is 96.7 cm³/mol. The van der Waals surface area contributed by atoms with Gasteiger partial charge in [-0.05, 0) is 18.1 Å². The molecule has 1 fully saturated rings. The number of allylic oxidation sites excluding steroid dienone is 2. The minimum Gasteiger partial charge on any atom is -0.368 e. The van der Waals surface area contributed by atoms with Crippen LogP contribution >= 0.6 is 0 Å². The van der Waals surface area contributed by atoms with Crippen molar-refractivity contribution in [2.24, 2.45) is 0 Å². The van der Waals surface area contributed by atoms with E-state index in [1.54, 1.807) is 6.08 Å². The summed E-state index contributed by atoms with van der Waals surface area (Å²) in [6, 6.07) is 20.3. The molecule has 114 valence electrons. The van der Waals surface area contributed by atoms with Gasteiger partial charge < -0.3 is 4.74 Å². The van der Waals surface area contributed by atoms with Gasteiger partial charge in [0.15, 0.2) is 0 Å². The van der Waals surface area contributed by atoms with Crippen LogP contribution in [0.3, 0.4) is 0 Å². The molecule has 1 nitrogen and oxygen atoms in total. The lowest BCUT2D eigenvalue weighted by Crippen LogP contribution is -1.75. The van der Waals surface area contributed by atoms with Crippen molar-refractivity contribution in [2.45, 2.75) is 13.0 Å². The van der Waals surface area contributed by atoms with E-state index in [1.807, 2.05) is 61.5 Å². The van der Waals surface area contributed by atoms with Gasteiger partial charge >= 0.3 is 0 Å². The van der Waals surface area contributed by atoms with Crippen LogP contribution in [0.1, 0.15) is 24.2 Å². The fourth-order valence-corrected chi connectivity index (χ4v) is 1.50. The van der Waals surface area contributed by atoms with E-state index in [0.717, 1.165) is 12.2 Å². The van der Waals surface area contributed by atoms with E-state index in [4.69, 9.17) is 4.74 Å². The molecule has 1 aliphatic heterocycles. The summed E-state index contributed by atoms with van der Waals surface area (Å²) in [4.78, 5) is 0. The Hall–Kier alpha value is -2.38. The molecule has 0 aliphatic carbocycles. The molecule has 0 spiro atoms. The molecule has 0 aromatic heterocycles. The summed E-state index contributed by atoms with van der Waals surface area (Å²) in [5.41, 5.74) is 3.50. The Labute approximate surface area is 134 Å². The van der Waals surface area contributed by atoms with Crippen LogP contribution in [0.15, 0.2) is 92.0 Å². The van der Waals surface area contributed by atoms with E-state index in [-0.39, 0.29) is 0 Å². The number of benzene rings is 2. The largest absolute Gasteiger partial charge is 0.368 e. The fraction of sp³-hybridized carbons (Fsp3) is 0.143. The molecule has 1 unspecified atom stereocenters. The number of ether oxygens (including phenoxy) is 1. The second-order valence-corrected chi connectivity index (χ2v) is 4.90. The lowest BCUT2D eigenvalue weighted by molar-refractivity contribution is 0.415. The maximum Gasteiger partial charge on any atom is 0.106 e. The third-order valence-electron chi connectivity index (χ3n) is 2.89. The van der Waals surface area contributed by atoms with Crippen LogP contribution in [0, 0.1) is 0 Å². The molecule has 0 amide bonds. The first-order chi connectivity index (χ1) is 10.7. The zero-order chi connectivity index (χ0) is 16.2. The summed E-state index contributed by atoms with van der Waals surface area (Å²) in [7, 11) is 0. The minimum atomic E-state index is 0.409. The van der Waals surface area contributed by atoms with Crippen molar-refractivity contribution >= 4 is 6.08 Å². The Bertz CT molecular complexity index is 565. The number of hydrogen-bond donors (Lipinski definition) is 0. The van der Waals surface area contributed by atoms with Crippen LogP contribution in [0.5, 0.6) is 0 Å². The first kappa shape index (κ1) is 17.7. The quantitative estimate of drug-likeness (QED) is 0.511. The van der Waals surface area contributed by atoms with Crippen molar-refractivity contribution in [3.63, 3.8) is 0 Å². The molecule has 1 aliphatic rings. The highest BCUT2D eigenvalue weighted by Gasteiger charge is 2.23. The maximum atomic E-state index is 5.09. The van der Waals surface area contributed by atoms with Crippen molar-refractivity contribution in [3.05, 3.63) is 103 Å². The third-order valence-corrected chi connectivity index (χ3v) is 2.89. The second kappa shape index (κ2) is 10.4. The number of hydrogen-bond acceptors (Lipinski definition) is 1. The van der Waals surface area contributed by atoms with Crippen molar-refractivity contribution in [2.75, 3.05) is 6.61 Å². The molecule has 0 bridgehead atoms. The van der Waals surface area contributed by atoms with Crippen LogP contribution in [0.4, 0.5) is 0 Å². The smallest absolute Gasteiger partial charge is 0.106 e. The molecule has 1 heteroatoms. The molecule has 0 saturated carbocycles. The van der Waals surface area contributed by atoms with Gasteiger partial charge in [-0.2, -0.15) is 0 Å². The summed E-state index contributed by atoms with van der Waals surface area (Å²) in [5.74, 6) is 0. The van der Waals surface area contributed by atoms with Crippen LogP contribution in [0.25, 0.3) is 6.08 Å². The van der Waals surface area contributed by atoms with Gasteiger partial charge in [0.25, 0.3) is 0 Å². The average Bonchev–Trinajstić information content (AvgIpc) is 3.42. The molecule has 2 aromatic carbocycles. The number of rotatable bonds is 3. The molecule has 1 heterocycles. The summed E-state index contributed by atoms with van der Waals surface area (Å²) >= 11 is 0. The van der Waals surface area contributed by atoms with Gasteiger partial charge in [-0.3, -0.25) is 0 Å². The summed E-state index contributed by atoms with van der Waals surface area (Å²) in [5, 5.41) is 0. The Morgan fingerprint density at radius 1 is 1.00 bits per heavy atom. The van der Waals surface area contributed by atoms with Crippen molar-refractivity contribution in [1.82, 2.24) is 0 Å². The topological polar surface area (TPSA) is 12.5 Å². The zero-order valence-electron chi connectivity index (χ0n) is 13.2. The van der Waals surface area contributed by atoms with Crippen LogP contribution < -0.4 is 0 Å². The lowest BCUT2D eigenvalue weighted by Gasteiger charge is -1.89. The van der Waals surface area contributed by atoms with E-state index in [9.17, 15) is 0 Å². The first-order valence-corrected chi connectivity index (χ1v) is 7.29. The van der Waals surface area contributed by atoms with E-state index < -0.39 is 0 Å². The first-order valence-electron chi connectivity index (χ1n) is 7.29. The van der Waals surface area contributed by atoms with Gasteiger partial charge in [-0.25, -0.2) is 0 Å². The highest BCUT2D eigenvalue weighted by molar-refractivity contribution is 5.45. The molecular formula is C21H24O. The van der Waals surface area contributed by atoms with Crippen LogP contribution in [-0.2, 0) is 4.74 Å². The molecule has 0 N–H and O–H groups in total. The van der Waals surface area contributed by atoms with E-state index >= 15 is 0 Å². The Kier molecular flexibility index (Phi) is 8.32. The highest BCUT2D eigenvalue weighted by atomic mass is 16.6. The van der Waals surface area contributed by atoms with E-state index in [0.29, 0.717) is 6.10 Å². The molecule has 22 heavy (non-hydrogen) atoms. The zero-order valence-corrected chi connectivity index (χ0v) is 13.2. The maximum absolute atomic E-state index is 5.09. The van der Waals surface area contributed by atoms with Gasteiger partial charge in [0.2, 0.25) is 0 Å². The van der Waals surface area contributed by atoms with Crippen molar-refractivity contribution in [3.8, 4) is 0 Å². The number of epoxide rings is 1. The SMILES string of the molecule is C=CC(=C)C.C=Cc1ccccc1.c1ccc(C2CO2)cc1. The van der Waals surface area contributed by atoms with Crippen LogP contribution in [-0.4, -0.2) is 6.61 Å². The van der Waals surface area contributed by atoms with Gasteiger partial charge in [0.1, 0.15) is 6.10 Å². The summed E-state index contributed by atoms with van der Waals surface area (Å²) in [6.45, 7) is 13.5. The average molecular weight is 292 g/mol. The minimum absolute atomic E-state index is 0.409. The Morgan fingerprint density at radius 3 is 1.77 bits per heavy atom. The second-order valence-electron chi connectivity index (χ2n) is 4.90.